The van der Waals surface area contributed by atoms with Gasteiger partial charge in [-0.1, -0.05) is 11.6 Å². The first kappa shape index (κ1) is 12.1. The number of halogens is 1. The van der Waals surface area contributed by atoms with Gasteiger partial charge in [0.2, 0.25) is 0 Å². The van der Waals surface area contributed by atoms with E-state index in [4.69, 9.17) is 16.7 Å². The van der Waals surface area contributed by atoms with Gasteiger partial charge in [0.15, 0.2) is 5.65 Å². The molecule has 96 valence electrons. The largest absolute Gasteiger partial charge is 0.477 e. The van der Waals surface area contributed by atoms with E-state index < -0.39 is 5.97 Å². The van der Waals surface area contributed by atoms with Crippen molar-refractivity contribution in [2.24, 2.45) is 0 Å². The van der Waals surface area contributed by atoms with Crippen LogP contribution in [0.5, 0.6) is 0 Å². The van der Waals surface area contributed by atoms with Crippen molar-refractivity contribution in [3.05, 3.63) is 39.4 Å². The van der Waals surface area contributed by atoms with E-state index >= 15 is 0 Å². The molecule has 0 aliphatic rings. The summed E-state index contributed by atoms with van der Waals surface area (Å²) >= 11 is 7.09. The van der Waals surface area contributed by atoms with E-state index in [0.717, 1.165) is 16.0 Å². The van der Waals surface area contributed by atoms with Crippen LogP contribution in [-0.2, 0) is 0 Å². The predicted octanol–water partition coefficient (Wildman–Crippen LogP) is 3.12. The van der Waals surface area contributed by atoms with Crippen molar-refractivity contribution in [2.45, 2.75) is 6.92 Å². The van der Waals surface area contributed by atoms with Crippen LogP contribution < -0.4 is 0 Å². The summed E-state index contributed by atoms with van der Waals surface area (Å²) in [6.07, 6.45) is 4.87. The van der Waals surface area contributed by atoms with E-state index in [2.05, 4.69) is 10.1 Å². The van der Waals surface area contributed by atoms with Gasteiger partial charge in [0.1, 0.15) is 4.88 Å². The average Bonchev–Trinajstić information content (AvgIpc) is 2.92. The number of carbonyl (C=O) groups is 1. The van der Waals surface area contributed by atoms with Gasteiger partial charge in [-0.2, -0.15) is 5.10 Å². The summed E-state index contributed by atoms with van der Waals surface area (Å²) in [5.41, 5.74) is 2.30. The minimum absolute atomic E-state index is 0.306. The number of rotatable bonds is 2. The van der Waals surface area contributed by atoms with E-state index in [-0.39, 0.29) is 0 Å². The van der Waals surface area contributed by atoms with Crippen LogP contribution in [0, 0.1) is 6.92 Å². The standard InChI is InChI=1S/C12H8ClN3O2S/c1-6-8(2-10(19-6)12(17)18)9-4-15-16-5-7(13)3-14-11(9)16/h2-5H,1H3,(H,17,18). The van der Waals surface area contributed by atoms with Crippen molar-refractivity contribution in [2.75, 3.05) is 0 Å². The number of aromatic nitrogens is 3. The lowest BCUT2D eigenvalue weighted by molar-refractivity contribution is 0.0702. The zero-order valence-electron chi connectivity index (χ0n) is 9.79. The van der Waals surface area contributed by atoms with Gasteiger partial charge in [0, 0.05) is 22.2 Å². The number of aromatic carboxylic acids is 1. The molecule has 1 N–H and O–H groups in total. The molecule has 0 bridgehead atoms. The zero-order valence-corrected chi connectivity index (χ0v) is 11.4. The molecule has 0 aromatic carbocycles. The van der Waals surface area contributed by atoms with Crippen LogP contribution in [0.15, 0.2) is 24.7 Å². The second-order valence-corrected chi connectivity index (χ2v) is 5.68. The van der Waals surface area contributed by atoms with E-state index in [1.165, 1.54) is 11.3 Å². The first-order chi connectivity index (χ1) is 9.06. The number of thiophene rings is 1. The maximum Gasteiger partial charge on any atom is 0.345 e. The zero-order chi connectivity index (χ0) is 13.6. The molecule has 19 heavy (non-hydrogen) atoms. The smallest absolute Gasteiger partial charge is 0.345 e. The number of hydrogen-bond donors (Lipinski definition) is 1. The third-order valence-electron chi connectivity index (χ3n) is 2.74. The molecule has 0 spiro atoms. The molecule has 0 saturated heterocycles. The van der Waals surface area contributed by atoms with Crippen molar-refractivity contribution >= 4 is 34.6 Å². The highest BCUT2D eigenvalue weighted by Crippen LogP contribution is 2.33. The normalized spacial score (nSPS) is 11.1. The van der Waals surface area contributed by atoms with E-state index in [9.17, 15) is 4.79 Å². The number of nitrogens with zero attached hydrogens (tertiary/aromatic N) is 3. The fraction of sp³-hybridized carbons (Fsp3) is 0.0833. The Labute approximate surface area is 117 Å². The number of carboxylic acid groups (broad SMARTS) is 1. The highest BCUT2D eigenvalue weighted by atomic mass is 35.5. The monoisotopic (exact) mass is 293 g/mol. The predicted molar refractivity (Wildman–Crippen MR) is 73.0 cm³/mol. The van der Waals surface area contributed by atoms with Gasteiger partial charge in [-0.25, -0.2) is 14.3 Å². The summed E-state index contributed by atoms with van der Waals surface area (Å²) in [6, 6.07) is 1.65. The fourth-order valence-corrected chi connectivity index (χ4v) is 2.91. The molecule has 0 unspecified atom stereocenters. The van der Waals surface area contributed by atoms with Crippen LogP contribution in [0.4, 0.5) is 0 Å². The van der Waals surface area contributed by atoms with Crippen molar-refractivity contribution in [1.29, 1.82) is 0 Å². The van der Waals surface area contributed by atoms with Crippen LogP contribution >= 0.6 is 22.9 Å². The maximum atomic E-state index is 11.0. The van der Waals surface area contributed by atoms with Crippen molar-refractivity contribution in [3.63, 3.8) is 0 Å². The van der Waals surface area contributed by atoms with Crippen LogP contribution in [0.2, 0.25) is 5.02 Å². The number of hydrogen-bond acceptors (Lipinski definition) is 4. The SMILES string of the molecule is Cc1sc(C(=O)O)cc1-c1cnn2cc(Cl)cnc12. The molecular weight excluding hydrogens is 286 g/mol. The van der Waals surface area contributed by atoms with Gasteiger partial charge >= 0.3 is 5.97 Å². The molecule has 3 aromatic rings. The minimum atomic E-state index is -0.924. The molecule has 3 aromatic heterocycles. The van der Waals surface area contributed by atoms with Crippen LogP contribution in [-0.4, -0.2) is 25.7 Å². The molecule has 0 aliphatic carbocycles. The van der Waals surface area contributed by atoms with Crippen molar-refractivity contribution in [3.8, 4) is 11.1 Å². The second-order valence-electron chi connectivity index (χ2n) is 3.98. The minimum Gasteiger partial charge on any atom is -0.477 e. The van der Waals surface area contributed by atoms with E-state index in [0.29, 0.717) is 15.5 Å². The topological polar surface area (TPSA) is 67.5 Å². The lowest BCUT2D eigenvalue weighted by Gasteiger charge is -1.97. The molecule has 7 heteroatoms. The van der Waals surface area contributed by atoms with Gasteiger partial charge < -0.3 is 5.11 Å². The first-order valence-electron chi connectivity index (χ1n) is 5.39. The molecule has 0 atom stereocenters. The molecule has 0 saturated carbocycles. The van der Waals surface area contributed by atoms with Gasteiger partial charge in [0.25, 0.3) is 0 Å². The van der Waals surface area contributed by atoms with Crippen LogP contribution in [0.25, 0.3) is 16.8 Å². The Morgan fingerprint density at radius 3 is 2.89 bits per heavy atom. The highest BCUT2D eigenvalue weighted by Gasteiger charge is 2.16. The summed E-state index contributed by atoms with van der Waals surface area (Å²) in [5.74, 6) is -0.924. The Balaban J connectivity index is 2.22. The van der Waals surface area contributed by atoms with Crippen LogP contribution in [0.3, 0.4) is 0 Å². The number of carboxylic acids is 1. The molecular formula is C12H8ClN3O2S. The highest BCUT2D eigenvalue weighted by molar-refractivity contribution is 7.14. The first-order valence-corrected chi connectivity index (χ1v) is 6.58. The molecule has 0 fully saturated rings. The Kier molecular flexibility index (Phi) is 2.76. The summed E-state index contributed by atoms with van der Waals surface area (Å²) in [4.78, 5) is 16.5. The molecule has 0 amide bonds. The molecule has 0 aliphatic heterocycles. The molecule has 3 heterocycles. The number of fused-ring (bicyclic) bond motifs is 1. The molecule has 0 radical (unpaired) electrons. The van der Waals surface area contributed by atoms with E-state index in [1.807, 2.05) is 6.92 Å². The van der Waals surface area contributed by atoms with Crippen LogP contribution in [0.1, 0.15) is 14.5 Å². The summed E-state index contributed by atoms with van der Waals surface area (Å²) in [5, 5.41) is 13.7. The van der Waals surface area contributed by atoms with E-state index in [1.54, 1.807) is 29.2 Å². The third kappa shape index (κ3) is 1.98. The lowest BCUT2D eigenvalue weighted by atomic mass is 10.1. The summed E-state index contributed by atoms with van der Waals surface area (Å²) < 4.78 is 1.58. The Hall–Kier alpha value is -1.92. The Morgan fingerprint density at radius 1 is 1.42 bits per heavy atom. The van der Waals surface area contributed by atoms with Gasteiger partial charge in [-0.05, 0) is 13.0 Å². The summed E-state index contributed by atoms with van der Waals surface area (Å²) in [7, 11) is 0. The summed E-state index contributed by atoms with van der Waals surface area (Å²) in [6.45, 7) is 1.88. The Morgan fingerprint density at radius 2 is 2.21 bits per heavy atom. The number of aryl methyl sites for hydroxylation is 1. The maximum absolute atomic E-state index is 11.0. The third-order valence-corrected chi connectivity index (χ3v) is 3.98. The second kappa shape index (κ2) is 4.32. The van der Waals surface area contributed by atoms with Crippen molar-refractivity contribution < 1.29 is 9.90 Å². The van der Waals surface area contributed by atoms with Gasteiger partial charge in [0.05, 0.1) is 17.4 Å². The van der Waals surface area contributed by atoms with Gasteiger partial charge in [-0.15, -0.1) is 11.3 Å². The molecule has 5 nitrogen and oxygen atoms in total. The Bertz CT molecular complexity index is 793. The van der Waals surface area contributed by atoms with Gasteiger partial charge in [-0.3, -0.25) is 0 Å². The molecule has 3 rings (SSSR count). The average molecular weight is 294 g/mol. The lowest BCUT2D eigenvalue weighted by Crippen LogP contribution is -1.90. The quantitative estimate of drug-likeness (QED) is 0.788. The van der Waals surface area contributed by atoms with Crippen molar-refractivity contribution in [1.82, 2.24) is 14.6 Å². The fourth-order valence-electron chi connectivity index (χ4n) is 1.90.